The molecule has 25 heavy (non-hydrogen) atoms. The SMILES string of the molecule is COc1ccccc1CNS(=O)(=O)c1cc2c(cc1F)NC(=O)CC2. The molecule has 8 heteroatoms. The number of hydrogen-bond donors (Lipinski definition) is 2. The summed E-state index contributed by atoms with van der Waals surface area (Å²) in [4.78, 5) is 10.9. The van der Waals surface area contributed by atoms with Gasteiger partial charge in [-0.3, -0.25) is 4.79 Å². The van der Waals surface area contributed by atoms with E-state index in [0.717, 1.165) is 6.07 Å². The summed E-state index contributed by atoms with van der Waals surface area (Å²) in [5, 5.41) is 2.54. The Morgan fingerprint density at radius 1 is 1.24 bits per heavy atom. The lowest BCUT2D eigenvalue weighted by atomic mass is 10.0. The highest BCUT2D eigenvalue weighted by Crippen LogP contribution is 2.28. The number of sulfonamides is 1. The maximum Gasteiger partial charge on any atom is 0.243 e. The molecule has 0 aromatic heterocycles. The number of amides is 1. The minimum Gasteiger partial charge on any atom is -0.496 e. The first-order valence-corrected chi connectivity index (χ1v) is 9.13. The van der Waals surface area contributed by atoms with E-state index in [1.165, 1.54) is 13.2 Å². The van der Waals surface area contributed by atoms with Crippen LogP contribution in [0.5, 0.6) is 5.75 Å². The molecular formula is C17H17FN2O4S. The van der Waals surface area contributed by atoms with Crippen molar-refractivity contribution in [2.24, 2.45) is 0 Å². The number of rotatable bonds is 5. The molecule has 1 aliphatic heterocycles. The van der Waals surface area contributed by atoms with Crippen LogP contribution in [-0.4, -0.2) is 21.4 Å². The predicted octanol–water partition coefficient (Wildman–Crippen LogP) is 2.20. The van der Waals surface area contributed by atoms with E-state index >= 15 is 0 Å². The molecule has 0 radical (unpaired) electrons. The van der Waals surface area contributed by atoms with Crippen molar-refractivity contribution in [2.45, 2.75) is 24.3 Å². The molecule has 0 spiro atoms. The third kappa shape index (κ3) is 3.64. The van der Waals surface area contributed by atoms with Gasteiger partial charge in [-0.2, -0.15) is 0 Å². The summed E-state index contributed by atoms with van der Waals surface area (Å²) in [5.41, 5.74) is 1.55. The zero-order valence-electron chi connectivity index (χ0n) is 13.5. The van der Waals surface area contributed by atoms with Gasteiger partial charge in [0.1, 0.15) is 16.5 Å². The number of halogens is 1. The lowest BCUT2D eigenvalue weighted by molar-refractivity contribution is -0.116. The van der Waals surface area contributed by atoms with Crippen LogP contribution in [0.1, 0.15) is 17.5 Å². The summed E-state index contributed by atoms with van der Waals surface area (Å²) in [6.07, 6.45) is 0.614. The van der Waals surface area contributed by atoms with Gasteiger partial charge in [0.2, 0.25) is 15.9 Å². The fourth-order valence-corrected chi connectivity index (χ4v) is 3.80. The first kappa shape index (κ1) is 17.4. The van der Waals surface area contributed by atoms with E-state index in [4.69, 9.17) is 4.74 Å². The highest BCUT2D eigenvalue weighted by atomic mass is 32.2. The fraction of sp³-hybridized carbons (Fsp3) is 0.235. The highest BCUT2D eigenvalue weighted by molar-refractivity contribution is 7.89. The molecule has 1 amide bonds. The first-order chi connectivity index (χ1) is 11.9. The summed E-state index contributed by atoms with van der Waals surface area (Å²) >= 11 is 0. The quantitative estimate of drug-likeness (QED) is 0.852. The van der Waals surface area contributed by atoms with Crippen LogP contribution in [0.25, 0.3) is 0 Å². The standard InChI is InChI=1S/C17H17FN2O4S/c1-24-15-5-3-2-4-12(15)10-19-25(22,23)16-8-11-6-7-17(21)20-14(11)9-13(16)18/h2-5,8-9,19H,6-7,10H2,1H3,(H,20,21). The van der Waals surface area contributed by atoms with Crippen molar-refractivity contribution in [3.8, 4) is 5.75 Å². The van der Waals surface area contributed by atoms with E-state index in [0.29, 0.717) is 29.0 Å². The number of hydrogen-bond acceptors (Lipinski definition) is 4. The third-order valence-electron chi connectivity index (χ3n) is 3.99. The number of carbonyl (C=O) groups excluding carboxylic acids is 1. The van der Waals surface area contributed by atoms with Gasteiger partial charge in [0.05, 0.1) is 7.11 Å². The molecule has 0 bridgehead atoms. The minimum atomic E-state index is -4.05. The van der Waals surface area contributed by atoms with Crippen LogP contribution in [0.15, 0.2) is 41.3 Å². The Morgan fingerprint density at radius 2 is 2.00 bits per heavy atom. The van der Waals surface area contributed by atoms with E-state index in [1.54, 1.807) is 24.3 Å². The molecule has 1 heterocycles. The first-order valence-electron chi connectivity index (χ1n) is 7.64. The second-order valence-corrected chi connectivity index (χ2v) is 7.36. The van der Waals surface area contributed by atoms with E-state index in [1.807, 2.05) is 0 Å². The summed E-state index contributed by atoms with van der Waals surface area (Å²) in [6, 6.07) is 9.28. The molecule has 2 aromatic carbocycles. The molecule has 3 rings (SSSR count). The Kier molecular flexibility index (Phi) is 4.73. The molecule has 2 aromatic rings. The average molecular weight is 364 g/mol. The maximum absolute atomic E-state index is 14.3. The molecule has 0 unspecified atom stereocenters. The van der Waals surface area contributed by atoms with Crippen LogP contribution in [-0.2, 0) is 27.8 Å². The fourth-order valence-electron chi connectivity index (χ4n) is 2.69. The van der Waals surface area contributed by atoms with Gasteiger partial charge >= 0.3 is 0 Å². The van der Waals surface area contributed by atoms with Gasteiger partial charge in [-0.25, -0.2) is 17.5 Å². The molecule has 0 saturated heterocycles. The summed E-state index contributed by atoms with van der Waals surface area (Å²) in [7, 11) is -2.56. The van der Waals surface area contributed by atoms with E-state index in [-0.39, 0.29) is 18.9 Å². The second kappa shape index (κ2) is 6.81. The van der Waals surface area contributed by atoms with Crippen molar-refractivity contribution in [3.63, 3.8) is 0 Å². The largest absolute Gasteiger partial charge is 0.496 e. The Labute approximate surface area is 145 Å². The second-order valence-electron chi connectivity index (χ2n) is 5.62. The third-order valence-corrected chi connectivity index (χ3v) is 5.40. The molecule has 0 aliphatic carbocycles. The van der Waals surface area contributed by atoms with Crippen LogP contribution in [0.3, 0.4) is 0 Å². The number of methoxy groups -OCH3 is 1. The van der Waals surface area contributed by atoms with Crippen molar-refractivity contribution >= 4 is 21.6 Å². The molecule has 2 N–H and O–H groups in total. The van der Waals surface area contributed by atoms with Crippen molar-refractivity contribution in [3.05, 3.63) is 53.3 Å². The van der Waals surface area contributed by atoms with Gasteiger partial charge < -0.3 is 10.1 Å². The number of nitrogens with one attached hydrogen (secondary N) is 2. The topological polar surface area (TPSA) is 84.5 Å². The zero-order chi connectivity index (χ0) is 18.0. The molecule has 0 atom stereocenters. The van der Waals surface area contributed by atoms with Gasteiger partial charge in [0.25, 0.3) is 0 Å². The highest BCUT2D eigenvalue weighted by Gasteiger charge is 2.24. The average Bonchev–Trinajstić information content (AvgIpc) is 2.59. The van der Waals surface area contributed by atoms with Crippen molar-refractivity contribution in [2.75, 3.05) is 12.4 Å². The van der Waals surface area contributed by atoms with Crippen molar-refractivity contribution < 1.29 is 22.3 Å². The Morgan fingerprint density at radius 3 is 2.76 bits per heavy atom. The van der Waals surface area contributed by atoms with Gasteiger partial charge in [-0.1, -0.05) is 18.2 Å². The number of aryl methyl sites for hydroxylation is 1. The molecular weight excluding hydrogens is 347 g/mol. The minimum absolute atomic E-state index is 0.0282. The number of benzene rings is 2. The molecule has 6 nitrogen and oxygen atoms in total. The number of carbonyl (C=O) groups is 1. The van der Waals surface area contributed by atoms with Gasteiger partial charge in [0.15, 0.2) is 0 Å². The molecule has 0 saturated carbocycles. The Bertz CT molecular complexity index is 928. The van der Waals surface area contributed by atoms with Crippen LogP contribution in [0.4, 0.5) is 10.1 Å². The maximum atomic E-state index is 14.3. The normalized spacial score (nSPS) is 13.9. The number of para-hydroxylation sites is 1. The molecule has 1 aliphatic rings. The van der Waals surface area contributed by atoms with Crippen molar-refractivity contribution in [1.29, 1.82) is 0 Å². The van der Waals surface area contributed by atoms with Gasteiger partial charge in [-0.15, -0.1) is 0 Å². The van der Waals surface area contributed by atoms with Gasteiger partial charge in [0, 0.05) is 24.2 Å². The van der Waals surface area contributed by atoms with E-state index in [9.17, 15) is 17.6 Å². The zero-order valence-corrected chi connectivity index (χ0v) is 14.3. The summed E-state index contributed by atoms with van der Waals surface area (Å²) < 4.78 is 46.8. The van der Waals surface area contributed by atoms with Crippen LogP contribution < -0.4 is 14.8 Å². The smallest absolute Gasteiger partial charge is 0.243 e. The Hall–Kier alpha value is -2.45. The molecule has 132 valence electrons. The molecule has 0 fully saturated rings. The number of fused-ring (bicyclic) bond motifs is 1. The van der Waals surface area contributed by atoms with Crippen LogP contribution >= 0.6 is 0 Å². The number of anilines is 1. The number of ether oxygens (including phenoxy) is 1. The Balaban J connectivity index is 1.86. The van der Waals surface area contributed by atoms with Crippen molar-refractivity contribution in [1.82, 2.24) is 4.72 Å². The predicted molar refractivity (Wildman–Crippen MR) is 90.4 cm³/mol. The van der Waals surface area contributed by atoms with E-state index < -0.39 is 20.7 Å². The van der Waals surface area contributed by atoms with Gasteiger partial charge in [-0.05, 0) is 30.2 Å². The summed E-state index contributed by atoms with van der Waals surface area (Å²) in [5.74, 6) is -0.580. The lowest BCUT2D eigenvalue weighted by Crippen LogP contribution is -2.26. The monoisotopic (exact) mass is 364 g/mol. The summed E-state index contributed by atoms with van der Waals surface area (Å²) in [6.45, 7) is -0.0282. The van der Waals surface area contributed by atoms with E-state index in [2.05, 4.69) is 10.0 Å². The van der Waals surface area contributed by atoms with Crippen LogP contribution in [0, 0.1) is 5.82 Å². The van der Waals surface area contributed by atoms with Crippen LogP contribution in [0.2, 0.25) is 0 Å². The lowest BCUT2D eigenvalue weighted by Gasteiger charge is -2.18.